The third-order valence-corrected chi connectivity index (χ3v) is 10.1. The second-order valence-electron chi connectivity index (χ2n) is 14.1. The Balaban J connectivity index is 0.000000145. The van der Waals surface area contributed by atoms with Gasteiger partial charge in [0, 0.05) is 38.5 Å². The molecule has 11 rings (SSSR count). The first-order valence-corrected chi connectivity index (χ1v) is 19.1. The molecule has 0 aliphatic heterocycles. The van der Waals surface area contributed by atoms with Gasteiger partial charge in [0.25, 0.3) is 0 Å². The molecule has 0 bridgehead atoms. The molecule has 284 valence electrons. The smallest absolute Gasteiger partial charge is 0.167 e. The molecule has 0 radical (unpaired) electrons. The number of aromatic amines is 2. The lowest BCUT2D eigenvalue weighted by molar-refractivity contribution is 0.393. The number of benzene rings is 6. The van der Waals surface area contributed by atoms with Crippen molar-refractivity contribution in [1.29, 1.82) is 0 Å². The van der Waals surface area contributed by atoms with E-state index in [1.54, 1.807) is 6.20 Å². The van der Waals surface area contributed by atoms with Crippen molar-refractivity contribution >= 4 is 66.6 Å². The normalized spacial score (nSPS) is 11.2. The van der Waals surface area contributed by atoms with Gasteiger partial charge in [-0.2, -0.15) is 10.2 Å². The van der Waals surface area contributed by atoms with Gasteiger partial charge in [-0.1, -0.05) is 84.0 Å². The van der Waals surface area contributed by atoms with Gasteiger partial charge in [0.05, 0.1) is 45.7 Å². The monoisotopic (exact) mass is 769 g/mol. The Labute approximate surface area is 337 Å². The van der Waals surface area contributed by atoms with E-state index in [2.05, 4.69) is 90.8 Å². The Bertz CT molecular complexity index is 3240. The van der Waals surface area contributed by atoms with Crippen LogP contribution in [0.2, 0.25) is 0 Å². The molecule has 0 aliphatic carbocycles. The van der Waals surface area contributed by atoms with Crippen LogP contribution in [0.3, 0.4) is 0 Å². The highest BCUT2D eigenvalue weighted by atomic mass is 16.5. The number of fused-ring (bicyclic) bond motifs is 4. The third-order valence-electron chi connectivity index (χ3n) is 10.1. The van der Waals surface area contributed by atoms with Crippen LogP contribution in [0.25, 0.3) is 77.5 Å². The number of hydrogen-bond donors (Lipinski definition) is 4. The summed E-state index contributed by atoms with van der Waals surface area (Å²) in [7, 11) is 0. The van der Waals surface area contributed by atoms with Crippen molar-refractivity contribution in [2.24, 2.45) is 0 Å². The highest BCUT2D eigenvalue weighted by Gasteiger charge is 2.18. The van der Waals surface area contributed by atoms with Gasteiger partial charge in [-0.25, -0.2) is 19.9 Å². The number of para-hydroxylation sites is 2. The average Bonchev–Trinajstić information content (AvgIpc) is 4.04. The zero-order valence-corrected chi connectivity index (χ0v) is 32.0. The molecule has 0 saturated carbocycles. The van der Waals surface area contributed by atoms with Crippen molar-refractivity contribution in [2.75, 3.05) is 10.6 Å². The standard InChI is InChI=1S/C27H19N5.C20H16N6O/c1-2-6-18(7-3-1)19-10-12-20(13-11-19)26-30-25-9-5-4-8-23(25)27(31-26)29-22-14-15-24-21(16-22)17-28-32-24;1-11-18(12(2)27-26-11)20-23-17-6-4-3-5-15(17)19(24-20)22-14-7-8-16-13(9-14)10-21-25-16/h1-17H,(H,28,32)(H,29,30,31);3-10H,1-2H3,(H,21,25)(H,22,23,24). The lowest BCUT2D eigenvalue weighted by atomic mass is 10.0. The fourth-order valence-corrected chi connectivity index (χ4v) is 7.14. The van der Waals surface area contributed by atoms with Crippen molar-refractivity contribution in [1.82, 2.24) is 45.5 Å². The number of rotatable bonds is 7. The van der Waals surface area contributed by atoms with E-state index in [-0.39, 0.29) is 0 Å². The second kappa shape index (κ2) is 15.0. The predicted octanol–water partition coefficient (Wildman–Crippen LogP) is 11.1. The van der Waals surface area contributed by atoms with E-state index in [1.165, 1.54) is 11.1 Å². The number of nitrogens with zero attached hydrogens (tertiary/aromatic N) is 7. The number of H-pyrrole nitrogens is 2. The van der Waals surface area contributed by atoms with E-state index in [1.807, 2.05) is 105 Å². The third kappa shape index (κ3) is 7.06. The van der Waals surface area contributed by atoms with Crippen LogP contribution < -0.4 is 10.6 Å². The minimum absolute atomic E-state index is 0.594. The molecule has 4 N–H and O–H groups in total. The van der Waals surface area contributed by atoms with E-state index in [0.717, 1.165) is 83.4 Å². The first-order valence-electron chi connectivity index (χ1n) is 19.1. The molecule has 12 nitrogen and oxygen atoms in total. The van der Waals surface area contributed by atoms with Crippen LogP contribution in [0.15, 0.2) is 156 Å². The first-order chi connectivity index (χ1) is 29.0. The van der Waals surface area contributed by atoms with Crippen LogP contribution in [0, 0.1) is 13.8 Å². The minimum Gasteiger partial charge on any atom is -0.361 e. The molecule has 0 unspecified atom stereocenters. The van der Waals surface area contributed by atoms with Gasteiger partial charge in [0.1, 0.15) is 17.4 Å². The van der Waals surface area contributed by atoms with Crippen molar-refractivity contribution in [3.8, 4) is 33.9 Å². The van der Waals surface area contributed by atoms with Gasteiger partial charge in [0.15, 0.2) is 11.6 Å². The molecule has 0 spiro atoms. The summed E-state index contributed by atoms with van der Waals surface area (Å²) in [4.78, 5) is 19.2. The summed E-state index contributed by atoms with van der Waals surface area (Å²) in [5.41, 5.74) is 10.6. The molecule has 0 fully saturated rings. The van der Waals surface area contributed by atoms with Gasteiger partial charge in [-0.05, 0) is 85.6 Å². The highest BCUT2D eigenvalue weighted by Crippen LogP contribution is 2.32. The quantitative estimate of drug-likeness (QED) is 0.123. The Kier molecular flexibility index (Phi) is 8.95. The second-order valence-corrected chi connectivity index (χ2v) is 14.1. The fourth-order valence-electron chi connectivity index (χ4n) is 7.14. The molecule has 5 aromatic heterocycles. The summed E-state index contributed by atoms with van der Waals surface area (Å²) in [6.45, 7) is 3.76. The zero-order valence-electron chi connectivity index (χ0n) is 32.0. The molecule has 0 amide bonds. The maximum Gasteiger partial charge on any atom is 0.167 e. The van der Waals surface area contributed by atoms with Gasteiger partial charge >= 0.3 is 0 Å². The van der Waals surface area contributed by atoms with Crippen LogP contribution in [0.1, 0.15) is 11.5 Å². The van der Waals surface area contributed by atoms with Crippen molar-refractivity contribution < 1.29 is 4.52 Å². The van der Waals surface area contributed by atoms with Gasteiger partial charge in [-0.3, -0.25) is 10.2 Å². The van der Waals surface area contributed by atoms with E-state index >= 15 is 0 Å². The predicted molar refractivity (Wildman–Crippen MR) is 234 cm³/mol. The number of hydrogen-bond acceptors (Lipinski definition) is 10. The van der Waals surface area contributed by atoms with Gasteiger partial charge < -0.3 is 15.2 Å². The molecule has 0 saturated heterocycles. The summed E-state index contributed by atoms with van der Waals surface area (Å²) in [5.74, 6) is 3.50. The zero-order chi connectivity index (χ0) is 39.7. The molecular weight excluding hydrogens is 735 g/mol. The number of aromatic nitrogens is 9. The number of aryl methyl sites for hydroxylation is 2. The van der Waals surface area contributed by atoms with E-state index in [4.69, 9.17) is 24.5 Å². The molecule has 59 heavy (non-hydrogen) atoms. The number of anilines is 4. The molecule has 6 aromatic carbocycles. The number of nitrogens with one attached hydrogen (secondary N) is 4. The SMILES string of the molecule is Cc1noc(C)c1-c1nc(Nc2ccc3[nH]ncc3c2)c2ccccc2n1.c1ccc(-c2ccc(-c3nc(Nc4ccc5[nH]ncc5c4)c4ccccc4n3)cc2)cc1. The summed E-state index contributed by atoms with van der Waals surface area (Å²) in [6.07, 6.45) is 3.62. The van der Waals surface area contributed by atoms with Crippen molar-refractivity contribution in [3.63, 3.8) is 0 Å². The van der Waals surface area contributed by atoms with E-state index < -0.39 is 0 Å². The van der Waals surface area contributed by atoms with Crippen molar-refractivity contribution in [2.45, 2.75) is 13.8 Å². The maximum absolute atomic E-state index is 5.30. The first kappa shape index (κ1) is 35.2. The molecule has 5 heterocycles. The largest absolute Gasteiger partial charge is 0.361 e. The molecular formula is C47H35N11O. The maximum atomic E-state index is 5.30. The molecule has 12 heteroatoms. The highest BCUT2D eigenvalue weighted by molar-refractivity contribution is 5.95. The van der Waals surface area contributed by atoms with E-state index in [9.17, 15) is 0 Å². The topological polar surface area (TPSA) is 159 Å². The fraction of sp³-hybridized carbons (Fsp3) is 0.0426. The minimum atomic E-state index is 0.594. The Morgan fingerprint density at radius 3 is 1.58 bits per heavy atom. The van der Waals surface area contributed by atoms with Crippen LogP contribution in [0.5, 0.6) is 0 Å². The summed E-state index contributed by atoms with van der Waals surface area (Å²) < 4.78 is 5.30. The van der Waals surface area contributed by atoms with Crippen LogP contribution >= 0.6 is 0 Å². The molecule has 0 aliphatic rings. The summed E-state index contributed by atoms with van der Waals surface area (Å²) in [5, 5.41) is 29.1. The van der Waals surface area contributed by atoms with Gasteiger partial charge in [0.2, 0.25) is 0 Å². The van der Waals surface area contributed by atoms with E-state index in [0.29, 0.717) is 17.4 Å². The Morgan fingerprint density at radius 1 is 0.492 bits per heavy atom. The Hall–Kier alpha value is -8.25. The van der Waals surface area contributed by atoms with Crippen molar-refractivity contribution in [3.05, 3.63) is 163 Å². The average molecular weight is 770 g/mol. The van der Waals surface area contributed by atoms with Crippen LogP contribution in [-0.2, 0) is 0 Å². The van der Waals surface area contributed by atoms with Crippen LogP contribution in [-0.4, -0.2) is 45.5 Å². The molecule has 11 aromatic rings. The summed E-state index contributed by atoms with van der Waals surface area (Å²) >= 11 is 0. The van der Waals surface area contributed by atoms with Crippen LogP contribution in [0.4, 0.5) is 23.0 Å². The lowest BCUT2D eigenvalue weighted by Gasteiger charge is -2.12. The molecule has 0 atom stereocenters. The summed E-state index contributed by atoms with van der Waals surface area (Å²) in [6, 6.07) is 46.8. The van der Waals surface area contributed by atoms with Gasteiger partial charge in [-0.15, -0.1) is 0 Å². The lowest BCUT2D eigenvalue weighted by Crippen LogP contribution is -2.00. The Morgan fingerprint density at radius 2 is 1.00 bits per heavy atom.